The lowest BCUT2D eigenvalue weighted by atomic mass is 10.00. The van der Waals surface area contributed by atoms with Crippen LogP contribution in [0.1, 0.15) is 15.2 Å². The molecule has 3 nitrogen and oxygen atoms in total. The maximum Gasteiger partial charge on any atom is 0.101 e. The fourth-order valence-electron chi connectivity index (χ4n) is 5.75. The third-order valence-corrected chi connectivity index (χ3v) is 7.43. The van der Waals surface area contributed by atoms with Crippen molar-refractivity contribution in [2.45, 2.75) is 0 Å². The average Bonchev–Trinajstić information content (AvgIpc) is 3.61. The molecule has 0 fully saturated rings. The SMILES string of the molecule is [2H]c1c([2H])c([2H])c(-n2c3ccccc3c3ccccc32)c(-c2c([2H])c([2H])c(-n3c4ccccc4c4ccccc43)c(C#N)c2[2H])c1[2H]. The van der Waals surface area contributed by atoms with E-state index in [4.69, 9.17) is 5.48 Å². The minimum absolute atomic E-state index is 0.0447. The molecular weight excluding hydrogens is 486 g/mol. The van der Waals surface area contributed by atoms with Crippen LogP contribution in [0.2, 0.25) is 0 Å². The zero-order valence-corrected chi connectivity index (χ0v) is 21.1. The van der Waals surface area contributed by atoms with Gasteiger partial charge in [-0.25, -0.2) is 0 Å². The minimum Gasteiger partial charge on any atom is -0.309 e. The molecule has 0 bridgehead atoms. The monoisotopic (exact) mass is 516 g/mol. The Labute approximate surface area is 241 Å². The molecule has 2 heterocycles. The van der Waals surface area contributed by atoms with E-state index in [-0.39, 0.29) is 40.1 Å². The number of rotatable bonds is 3. The van der Waals surface area contributed by atoms with Gasteiger partial charge in [0.1, 0.15) is 6.07 Å². The number of nitriles is 1. The van der Waals surface area contributed by atoms with Gasteiger partial charge in [0.25, 0.3) is 0 Å². The molecule has 8 aromatic rings. The van der Waals surface area contributed by atoms with E-state index in [1.807, 2.05) is 97.1 Å². The Hall–Kier alpha value is -5.59. The van der Waals surface area contributed by atoms with Gasteiger partial charge in [-0.05, 0) is 48.0 Å². The molecule has 0 aliphatic rings. The second-order valence-corrected chi connectivity index (χ2v) is 9.55. The van der Waals surface area contributed by atoms with Crippen LogP contribution in [-0.2, 0) is 0 Å². The summed E-state index contributed by atoms with van der Waals surface area (Å²) in [6.07, 6.45) is 0. The Bertz CT molecular complexity index is 2570. The molecule has 2 aromatic heterocycles. The predicted octanol–water partition coefficient (Wildman–Crippen LogP) is 9.42. The van der Waals surface area contributed by atoms with Crippen LogP contribution in [0.25, 0.3) is 66.1 Å². The first-order valence-electron chi connectivity index (χ1n) is 16.4. The van der Waals surface area contributed by atoms with Gasteiger partial charge in [-0.15, -0.1) is 0 Å². The highest BCUT2D eigenvalue weighted by atomic mass is 15.0. The van der Waals surface area contributed by atoms with Crippen LogP contribution in [0.3, 0.4) is 0 Å². The zero-order chi connectivity index (χ0) is 32.7. The van der Waals surface area contributed by atoms with E-state index in [1.54, 1.807) is 9.13 Å². The van der Waals surface area contributed by atoms with Gasteiger partial charge in [-0.3, -0.25) is 0 Å². The lowest BCUT2D eigenvalue weighted by molar-refractivity contribution is 1.16. The van der Waals surface area contributed by atoms with Crippen molar-refractivity contribution in [2.75, 3.05) is 0 Å². The molecule has 0 aliphatic heterocycles. The first-order valence-corrected chi connectivity index (χ1v) is 12.9. The highest BCUT2D eigenvalue weighted by molar-refractivity contribution is 6.10. The number of aromatic nitrogens is 2. The molecule has 0 amide bonds. The van der Waals surface area contributed by atoms with Gasteiger partial charge in [-0.2, -0.15) is 5.26 Å². The van der Waals surface area contributed by atoms with Gasteiger partial charge < -0.3 is 9.13 Å². The summed E-state index contributed by atoms with van der Waals surface area (Å²) < 4.78 is 67.0. The molecule has 0 unspecified atom stereocenters. The van der Waals surface area contributed by atoms with Gasteiger partial charge in [-0.1, -0.05) is 97.0 Å². The van der Waals surface area contributed by atoms with Gasteiger partial charge in [0, 0.05) is 27.1 Å². The van der Waals surface area contributed by atoms with Crippen LogP contribution in [0.15, 0.2) is 139 Å². The first kappa shape index (κ1) is 16.4. The third-order valence-electron chi connectivity index (χ3n) is 7.43. The minimum atomic E-state index is -0.537. The molecule has 3 heteroatoms. The van der Waals surface area contributed by atoms with Crippen molar-refractivity contribution in [3.63, 3.8) is 0 Å². The standard InChI is InChI=1S/C37H23N3/c38-24-26-23-25(21-22-32(26)39-34-17-7-2-12-28(34)29-13-3-8-18-35(29)39)27-11-1-6-16-33(27)40-36-19-9-4-14-30(36)31-15-5-10-20-37(31)40/h1-23H/i1D,6D,11D,16D,21D,22D,23D. The number of hydrogen-bond donors (Lipinski definition) is 0. The molecule has 6 aromatic carbocycles. The van der Waals surface area contributed by atoms with Crippen LogP contribution < -0.4 is 0 Å². The second-order valence-electron chi connectivity index (χ2n) is 9.55. The van der Waals surface area contributed by atoms with E-state index in [0.29, 0.717) is 22.1 Å². The van der Waals surface area contributed by atoms with Gasteiger partial charge in [0.15, 0.2) is 0 Å². The predicted molar refractivity (Wildman–Crippen MR) is 165 cm³/mol. The molecule has 0 aliphatic carbocycles. The highest BCUT2D eigenvalue weighted by Gasteiger charge is 2.18. The Morgan fingerprint density at radius 2 is 0.975 bits per heavy atom. The zero-order valence-electron chi connectivity index (χ0n) is 28.1. The molecule has 40 heavy (non-hydrogen) atoms. The van der Waals surface area contributed by atoms with Crippen molar-refractivity contribution in [1.29, 1.82) is 5.26 Å². The van der Waals surface area contributed by atoms with Crippen LogP contribution >= 0.6 is 0 Å². The number of fused-ring (bicyclic) bond motifs is 6. The maximum atomic E-state index is 10.6. The number of nitrogens with zero attached hydrogens (tertiary/aromatic N) is 3. The Balaban J connectivity index is 1.54. The molecule has 0 saturated heterocycles. The molecule has 0 radical (unpaired) electrons. The topological polar surface area (TPSA) is 33.6 Å². The van der Waals surface area contributed by atoms with E-state index in [0.717, 1.165) is 21.5 Å². The summed E-state index contributed by atoms with van der Waals surface area (Å²) in [6.45, 7) is 0. The Kier molecular flexibility index (Phi) is 3.58. The third kappa shape index (κ3) is 3.17. The van der Waals surface area contributed by atoms with E-state index >= 15 is 0 Å². The summed E-state index contributed by atoms with van der Waals surface area (Å²) in [5, 5.41) is 14.1. The van der Waals surface area contributed by atoms with E-state index in [9.17, 15) is 9.37 Å². The van der Waals surface area contributed by atoms with E-state index in [1.165, 1.54) is 0 Å². The summed E-state index contributed by atoms with van der Waals surface area (Å²) in [4.78, 5) is 0. The molecule has 0 spiro atoms. The Morgan fingerprint density at radius 3 is 1.48 bits per heavy atom. The largest absolute Gasteiger partial charge is 0.309 e. The molecule has 8 rings (SSSR count). The maximum absolute atomic E-state index is 10.6. The summed E-state index contributed by atoms with van der Waals surface area (Å²) in [6, 6.07) is 29.3. The van der Waals surface area contributed by atoms with Crippen LogP contribution in [0, 0.1) is 11.3 Å². The molecule has 0 saturated carbocycles. The van der Waals surface area contributed by atoms with Crippen molar-refractivity contribution in [2.24, 2.45) is 0 Å². The van der Waals surface area contributed by atoms with Crippen molar-refractivity contribution < 1.29 is 9.60 Å². The molecular formula is C37H23N3. The fraction of sp³-hybridized carbons (Fsp3) is 0. The van der Waals surface area contributed by atoms with Crippen LogP contribution in [0.4, 0.5) is 0 Å². The average molecular weight is 517 g/mol. The van der Waals surface area contributed by atoms with Gasteiger partial charge >= 0.3 is 0 Å². The summed E-state index contributed by atoms with van der Waals surface area (Å²) >= 11 is 0. The van der Waals surface area contributed by atoms with Crippen molar-refractivity contribution >= 4 is 43.6 Å². The van der Waals surface area contributed by atoms with Crippen molar-refractivity contribution in [3.05, 3.63) is 145 Å². The fourth-order valence-corrected chi connectivity index (χ4v) is 5.75. The number of para-hydroxylation sites is 5. The number of benzene rings is 6. The quantitative estimate of drug-likeness (QED) is 0.230. The van der Waals surface area contributed by atoms with Crippen molar-refractivity contribution in [3.8, 4) is 28.6 Å². The lowest BCUT2D eigenvalue weighted by Crippen LogP contribution is -2.00. The molecule has 0 N–H and O–H groups in total. The summed E-state index contributed by atoms with van der Waals surface area (Å²) in [5.74, 6) is 0. The second kappa shape index (κ2) is 8.73. The van der Waals surface area contributed by atoms with E-state index < -0.39 is 30.2 Å². The normalized spacial score (nSPS) is 13.9. The lowest BCUT2D eigenvalue weighted by Gasteiger charge is -2.16. The van der Waals surface area contributed by atoms with Crippen LogP contribution in [0.5, 0.6) is 0 Å². The van der Waals surface area contributed by atoms with E-state index in [2.05, 4.69) is 6.07 Å². The molecule has 186 valence electrons. The van der Waals surface area contributed by atoms with Crippen molar-refractivity contribution in [1.82, 2.24) is 9.13 Å². The highest BCUT2D eigenvalue weighted by Crippen LogP contribution is 2.38. The van der Waals surface area contributed by atoms with Gasteiger partial charge in [0.2, 0.25) is 0 Å². The van der Waals surface area contributed by atoms with Crippen LogP contribution in [-0.4, -0.2) is 9.13 Å². The van der Waals surface area contributed by atoms with Gasteiger partial charge in [0.05, 0.1) is 48.6 Å². The Morgan fingerprint density at radius 1 is 0.525 bits per heavy atom. The number of hydrogen-bond acceptors (Lipinski definition) is 1. The smallest absolute Gasteiger partial charge is 0.101 e. The molecule has 0 atom stereocenters. The first-order chi connectivity index (χ1) is 22.8. The summed E-state index contributed by atoms with van der Waals surface area (Å²) in [5.41, 5.74) is 2.38. The summed E-state index contributed by atoms with van der Waals surface area (Å²) in [7, 11) is 0.